The number of benzene rings is 3. The van der Waals surface area contributed by atoms with Crippen molar-refractivity contribution < 1.29 is 24.2 Å². The molecule has 1 atom stereocenters. The van der Waals surface area contributed by atoms with Crippen LogP contribution in [0.25, 0.3) is 21.5 Å². The lowest BCUT2D eigenvalue weighted by Gasteiger charge is -2.14. The molecular weight excluding hydrogens is 332 g/mol. The van der Waals surface area contributed by atoms with Gasteiger partial charge < -0.3 is 14.6 Å². The molecule has 1 unspecified atom stereocenters. The fourth-order valence-corrected chi connectivity index (χ4v) is 2.76. The lowest BCUT2D eigenvalue weighted by Crippen LogP contribution is -2.25. The molecule has 0 bridgehead atoms. The third-order valence-electron chi connectivity index (χ3n) is 3.97. The van der Waals surface area contributed by atoms with Crippen molar-refractivity contribution in [3.05, 3.63) is 72.8 Å². The number of aliphatic hydroxyl groups excluding tert-OH is 1. The molecular formula is C21H18O5. The lowest BCUT2D eigenvalue weighted by atomic mass is 9.97. The van der Waals surface area contributed by atoms with E-state index in [9.17, 15) is 14.7 Å². The summed E-state index contributed by atoms with van der Waals surface area (Å²) in [4.78, 5) is 23.7. The monoisotopic (exact) mass is 350 g/mol. The molecule has 0 fully saturated rings. The molecule has 1 N–H and O–H groups in total. The number of esters is 2. The average Bonchev–Trinajstić information content (AvgIpc) is 2.68. The van der Waals surface area contributed by atoms with Crippen molar-refractivity contribution in [3.8, 4) is 0 Å². The summed E-state index contributed by atoms with van der Waals surface area (Å²) in [5.74, 6) is -1.18. The second-order valence-electron chi connectivity index (χ2n) is 5.78. The van der Waals surface area contributed by atoms with E-state index in [2.05, 4.69) is 6.58 Å². The van der Waals surface area contributed by atoms with Crippen LogP contribution in [0, 0.1) is 0 Å². The van der Waals surface area contributed by atoms with Gasteiger partial charge in [0.2, 0.25) is 0 Å². The summed E-state index contributed by atoms with van der Waals surface area (Å²) in [7, 11) is 0. The molecule has 0 aromatic heterocycles. The first-order valence-electron chi connectivity index (χ1n) is 8.15. The van der Waals surface area contributed by atoms with Crippen molar-refractivity contribution >= 4 is 33.5 Å². The Morgan fingerprint density at radius 1 is 0.962 bits per heavy atom. The van der Waals surface area contributed by atoms with Crippen LogP contribution >= 0.6 is 0 Å². The Balaban J connectivity index is 1.85. The van der Waals surface area contributed by atoms with Gasteiger partial charge in [-0.3, -0.25) is 0 Å². The van der Waals surface area contributed by atoms with Crippen LogP contribution < -0.4 is 0 Å². The molecule has 0 radical (unpaired) electrons. The quantitative estimate of drug-likeness (QED) is 0.420. The third kappa shape index (κ3) is 3.73. The maximum atomic E-state index is 12.7. The number of carbonyl (C=O) groups is 2. The topological polar surface area (TPSA) is 72.8 Å². The highest BCUT2D eigenvalue weighted by molar-refractivity contribution is 6.16. The summed E-state index contributed by atoms with van der Waals surface area (Å²) in [6.45, 7) is 2.72. The molecule has 3 aromatic rings. The van der Waals surface area contributed by atoms with E-state index in [1.807, 2.05) is 54.6 Å². The van der Waals surface area contributed by atoms with Gasteiger partial charge >= 0.3 is 11.9 Å². The summed E-state index contributed by atoms with van der Waals surface area (Å²) in [6.07, 6.45) is -0.106. The molecule has 0 saturated heterocycles. The van der Waals surface area contributed by atoms with Crippen LogP contribution in [-0.2, 0) is 14.3 Å². The predicted octanol–water partition coefficient (Wildman–Crippen LogP) is 3.24. The molecule has 5 nitrogen and oxygen atoms in total. The summed E-state index contributed by atoms with van der Waals surface area (Å²) < 4.78 is 10.00. The zero-order valence-corrected chi connectivity index (χ0v) is 14.1. The van der Waals surface area contributed by atoms with Crippen LogP contribution in [0.3, 0.4) is 0 Å². The van der Waals surface area contributed by atoms with Crippen LogP contribution in [0.5, 0.6) is 0 Å². The lowest BCUT2D eigenvalue weighted by molar-refractivity contribution is -0.141. The van der Waals surface area contributed by atoms with Crippen molar-refractivity contribution in [1.29, 1.82) is 0 Å². The predicted molar refractivity (Wildman–Crippen MR) is 98.9 cm³/mol. The number of fused-ring (bicyclic) bond motifs is 2. The van der Waals surface area contributed by atoms with Gasteiger partial charge in [0.25, 0.3) is 0 Å². The van der Waals surface area contributed by atoms with Gasteiger partial charge in [0, 0.05) is 6.08 Å². The van der Waals surface area contributed by atoms with Crippen LogP contribution in [-0.4, -0.2) is 36.4 Å². The molecule has 0 spiro atoms. The highest BCUT2D eigenvalue weighted by atomic mass is 16.6. The maximum absolute atomic E-state index is 12.7. The van der Waals surface area contributed by atoms with Gasteiger partial charge in [-0.05, 0) is 27.6 Å². The highest BCUT2D eigenvalue weighted by Crippen LogP contribution is 2.29. The zero-order chi connectivity index (χ0) is 18.5. The van der Waals surface area contributed by atoms with Crippen molar-refractivity contribution in [2.75, 3.05) is 13.2 Å². The Morgan fingerprint density at radius 3 is 2.08 bits per heavy atom. The van der Waals surface area contributed by atoms with E-state index >= 15 is 0 Å². The van der Waals surface area contributed by atoms with Crippen molar-refractivity contribution in [2.45, 2.75) is 6.10 Å². The molecule has 3 rings (SSSR count). The van der Waals surface area contributed by atoms with Crippen LogP contribution in [0.2, 0.25) is 0 Å². The largest absolute Gasteiger partial charge is 0.460 e. The normalized spacial score (nSPS) is 11.9. The molecule has 26 heavy (non-hydrogen) atoms. The molecule has 0 aliphatic heterocycles. The minimum atomic E-state index is -1.11. The maximum Gasteiger partial charge on any atom is 0.339 e. The minimum absolute atomic E-state index is 0.269. The summed E-state index contributed by atoms with van der Waals surface area (Å²) in [5, 5.41) is 13.2. The van der Waals surface area contributed by atoms with Crippen molar-refractivity contribution in [2.24, 2.45) is 0 Å². The Kier molecular flexibility index (Phi) is 5.29. The van der Waals surface area contributed by atoms with Crippen molar-refractivity contribution in [1.82, 2.24) is 0 Å². The Hall–Kier alpha value is -3.18. The van der Waals surface area contributed by atoms with E-state index in [4.69, 9.17) is 9.47 Å². The molecule has 3 aromatic carbocycles. The second kappa shape index (κ2) is 7.80. The van der Waals surface area contributed by atoms with E-state index in [0.29, 0.717) is 5.56 Å². The molecule has 0 aliphatic rings. The molecule has 132 valence electrons. The molecule has 0 heterocycles. The van der Waals surface area contributed by atoms with Gasteiger partial charge in [0.1, 0.15) is 19.3 Å². The summed E-state index contributed by atoms with van der Waals surface area (Å²) in [5.41, 5.74) is 0.453. The van der Waals surface area contributed by atoms with Crippen LogP contribution in [0.15, 0.2) is 67.3 Å². The van der Waals surface area contributed by atoms with Gasteiger partial charge in [0.05, 0.1) is 5.56 Å². The van der Waals surface area contributed by atoms with Crippen LogP contribution in [0.4, 0.5) is 0 Å². The van der Waals surface area contributed by atoms with Gasteiger partial charge in [-0.2, -0.15) is 0 Å². The average molecular weight is 350 g/mol. The zero-order valence-electron chi connectivity index (χ0n) is 14.1. The summed E-state index contributed by atoms with van der Waals surface area (Å²) in [6, 6.07) is 17.1. The molecule has 0 saturated carbocycles. The second-order valence-corrected chi connectivity index (χ2v) is 5.78. The minimum Gasteiger partial charge on any atom is -0.460 e. The molecule has 5 heteroatoms. The first kappa shape index (κ1) is 17.6. The van der Waals surface area contributed by atoms with E-state index in [1.54, 1.807) is 0 Å². The van der Waals surface area contributed by atoms with Crippen molar-refractivity contribution in [3.63, 3.8) is 0 Å². The first-order valence-corrected chi connectivity index (χ1v) is 8.15. The molecule has 0 aliphatic carbocycles. The SMILES string of the molecule is C=CC(=O)OCC(O)COC(=O)c1c2ccccc2cc2ccccc12. The number of hydrogen-bond acceptors (Lipinski definition) is 5. The molecule has 0 amide bonds. The van der Waals surface area contributed by atoms with Gasteiger partial charge in [-0.15, -0.1) is 0 Å². The van der Waals surface area contributed by atoms with Gasteiger partial charge in [0.15, 0.2) is 0 Å². The standard InChI is InChI=1S/C21H18O5/c1-2-19(23)25-12-16(22)13-26-21(24)20-17-9-5-3-7-14(17)11-15-8-4-6-10-18(15)20/h2-11,16,22H,1,12-13H2. The third-order valence-corrected chi connectivity index (χ3v) is 3.97. The van der Waals surface area contributed by atoms with Gasteiger partial charge in [-0.1, -0.05) is 55.1 Å². The summed E-state index contributed by atoms with van der Waals surface area (Å²) >= 11 is 0. The van der Waals surface area contributed by atoms with Crippen LogP contribution in [0.1, 0.15) is 10.4 Å². The fourth-order valence-electron chi connectivity index (χ4n) is 2.76. The van der Waals surface area contributed by atoms with E-state index < -0.39 is 18.0 Å². The number of aliphatic hydroxyl groups is 1. The van der Waals surface area contributed by atoms with E-state index in [-0.39, 0.29) is 13.2 Å². The fraction of sp³-hybridized carbons (Fsp3) is 0.143. The van der Waals surface area contributed by atoms with E-state index in [0.717, 1.165) is 27.6 Å². The number of rotatable bonds is 6. The van der Waals surface area contributed by atoms with E-state index in [1.165, 1.54) is 0 Å². The van der Waals surface area contributed by atoms with Gasteiger partial charge in [-0.25, -0.2) is 9.59 Å². The smallest absolute Gasteiger partial charge is 0.339 e. The highest BCUT2D eigenvalue weighted by Gasteiger charge is 2.18. The Morgan fingerprint density at radius 2 is 1.50 bits per heavy atom. The number of ether oxygens (including phenoxy) is 2. The Bertz CT molecular complexity index is 922. The first-order chi connectivity index (χ1) is 12.6. The Labute approximate surface area is 150 Å². The number of hydrogen-bond donors (Lipinski definition) is 1. The number of carbonyl (C=O) groups excluding carboxylic acids is 2.